The number of aromatic nitrogens is 1. The topological polar surface area (TPSA) is 64.1 Å². The number of rotatable bonds is 8. The zero-order chi connectivity index (χ0) is 21.6. The number of pyridine rings is 1. The van der Waals surface area contributed by atoms with Crippen LogP contribution in [0.25, 0.3) is 10.9 Å². The van der Waals surface area contributed by atoms with Crippen molar-refractivity contribution in [2.24, 2.45) is 0 Å². The molecule has 3 heterocycles. The van der Waals surface area contributed by atoms with Crippen LogP contribution in [-0.4, -0.2) is 81.3 Å². The van der Waals surface area contributed by atoms with Gasteiger partial charge in [0.1, 0.15) is 11.9 Å². The molecular weight excluding hydrogens is 414 g/mol. The van der Waals surface area contributed by atoms with Gasteiger partial charge < -0.3 is 24.0 Å². The molecule has 0 saturated carbocycles. The molecule has 2 aliphatic rings. The van der Waals surface area contributed by atoms with Crippen molar-refractivity contribution in [1.29, 1.82) is 0 Å². The van der Waals surface area contributed by atoms with Crippen molar-refractivity contribution in [2.75, 3.05) is 64.3 Å². The van der Waals surface area contributed by atoms with E-state index >= 15 is 0 Å². The summed E-state index contributed by atoms with van der Waals surface area (Å²) in [5.41, 5.74) is 2.03. The van der Waals surface area contributed by atoms with Gasteiger partial charge in [-0.15, -0.1) is 11.8 Å². The molecule has 2 fully saturated rings. The number of thioether (sulfide) groups is 1. The lowest BCUT2D eigenvalue weighted by molar-refractivity contribution is -0.142. The van der Waals surface area contributed by atoms with Crippen LogP contribution in [0.3, 0.4) is 0 Å². The standard InChI is InChI=1S/C23H31N3O4S/c1-28-11-7-26(23(27)21-4-3-10-30-21)16-18-14-17-5-6-19(31-2)15-20(17)24-22(18)25-8-12-29-13-9-25/h5-6,14-15,21H,3-4,7-13,16H2,1-2H3. The van der Waals surface area contributed by atoms with Gasteiger partial charge in [-0.1, -0.05) is 6.07 Å². The molecule has 7 nitrogen and oxygen atoms in total. The average Bonchev–Trinajstić information content (AvgIpc) is 3.36. The molecule has 2 aliphatic heterocycles. The molecule has 1 aromatic heterocycles. The highest BCUT2D eigenvalue weighted by Gasteiger charge is 2.29. The number of amides is 1. The summed E-state index contributed by atoms with van der Waals surface area (Å²) in [6.45, 7) is 5.13. The maximum Gasteiger partial charge on any atom is 0.252 e. The van der Waals surface area contributed by atoms with Crippen molar-refractivity contribution in [3.63, 3.8) is 0 Å². The summed E-state index contributed by atoms with van der Waals surface area (Å²) in [5.74, 6) is 0.983. The smallest absolute Gasteiger partial charge is 0.252 e. The molecule has 1 aromatic carbocycles. The van der Waals surface area contributed by atoms with Gasteiger partial charge in [0, 0.05) is 55.7 Å². The Balaban J connectivity index is 1.69. The number of benzene rings is 1. The maximum absolute atomic E-state index is 13.2. The molecule has 168 valence electrons. The van der Waals surface area contributed by atoms with E-state index in [1.807, 2.05) is 4.90 Å². The third-order valence-electron chi connectivity index (χ3n) is 5.83. The Bertz CT molecular complexity index is 898. The van der Waals surface area contributed by atoms with E-state index in [-0.39, 0.29) is 12.0 Å². The van der Waals surface area contributed by atoms with Gasteiger partial charge in [0.2, 0.25) is 0 Å². The molecule has 1 unspecified atom stereocenters. The van der Waals surface area contributed by atoms with Crippen LogP contribution in [0.2, 0.25) is 0 Å². The molecule has 4 rings (SSSR count). The lowest BCUT2D eigenvalue weighted by atomic mass is 10.1. The van der Waals surface area contributed by atoms with Gasteiger partial charge in [-0.3, -0.25) is 4.79 Å². The molecule has 0 spiro atoms. The number of hydrogen-bond donors (Lipinski definition) is 0. The first-order valence-electron chi connectivity index (χ1n) is 10.9. The minimum Gasteiger partial charge on any atom is -0.383 e. The summed E-state index contributed by atoms with van der Waals surface area (Å²) >= 11 is 1.71. The normalized spacial score (nSPS) is 19.2. The zero-order valence-electron chi connectivity index (χ0n) is 18.3. The molecule has 2 aromatic rings. The van der Waals surface area contributed by atoms with Crippen LogP contribution in [-0.2, 0) is 25.5 Å². The highest BCUT2D eigenvalue weighted by Crippen LogP contribution is 2.29. The largest absolute Gasteiger partial charge is 0.383 e. The number of hydrogen-bond acceptors (Lipinski definition) is 7. The van der Waals surface area contributed by atoms with E-state index in [1.54, 1.807) is 18.9 Å². The van der Waals surface area contributed by atoms with Gasteiger partial charge in [-0.05, 0) is 37.3 Å². The molecule has 31 heavy (non-hydrogen) atoms. The van der Waals surface area contributed by atoms with E-state index in [0.717, 1.165) is 48.2 Å². The lowest BCUT2D eigenvalue weighted by Gasteiger charge is -2.32. The molecule has 0 aliphatic carbocycles. The first kappa shape index (κ1) is 22.3. The van der Waals surface area contributed by atoms with Gasteiger partial charge in [-0.2, -0.15) is 0 Å². The molecular formula is C23H31N3O4S. The van der Waals surface area contributed by atoms with Gasteiger partial charge >= 0.3 is 0 Å². The third-order valence-corrected chi connectivity index (χ3v) is 6.56. The van der Waals surface area contributed by atoms with Crippen LogP contribution < -0.4 is 4.90 Å². The van der Waals surface area contributed by atoms with Crippen molar-refractivity contribution in [3.05, 3.63) is 29.8 Å². The molecule has 0 N–H and O–H groups in total. The Hall–Kier alpha value is -1.87. The number of fused-ring (bicyclic) bond motifs is 1. The average molecular weight is 446 g/mol. The summed E-state index contributed by atoms with van der Waals surface area (Å²) in [7, 11) is 1.66. The Morgan fingerprint density at radius 2 is 2.13 bits per heavy atom. The lowest BCUT2D eigenvalue weighted by Crippen LogP contribution is -2.41. The molecule has 0 bridgehead atoms. The fraction of sp³-hybridized carbons (Fsp3) is 0.565. The highest BCUT2D eigenvalue weighted by atomic mass is 32.2. The second-order valence-corrected chi connectivity index (χ2v) is 8.76. The second kappa shape index (κ2) is 10.6. The van der Waals surface area contributed by atoms with Crippen molar-refractivity contribution >= 4 is 34.4 Å². The van der Waals surface area contributed by atoms with Crippen molar-refractivity contribution < 1.29 is 19.0 Å². The summed E-state index contributed by atoms with van der Waals surface area (Å²) < 4.78 is 16.5. The number of carbonyl (C=O) groups excluding carboxylic acids is 1. The number of morpholine rings is 1. The maximum atomic E-state index is 13.2. The predicted molar refractivity (Wildman–Crippen MR) is 123 cm³/mol. The van der Waals surface area contributed by atoms with Crippen LogP contribution in [0.5, 0.6) is 0 Å². The fourth-order valence-corrected chi connectivity index (χ4v) is 4.56. The SMILES string of the molecule is COCCN(Cc1cc2ccc(SC)cc2nc1N1CCOCC1)C(=O)C1CCCO1. The number of nitrogens with zero attached hydrogens (tertiary/aromatic N) is 3. The zero-order valence-corrected chi connectivity index (χ0v) is 19.2. The van der Waals surface area contributed by atoms with Gasteiger partial charge in [-0.25, -0.2) is 4.98 Å². The molecule has 8 heteroatoms. The van der Waals surface area contributed by atoms with Gasteiger partial charge in [0.25, 0.3) is 5.91 Å². The Morgan fingerprint density at radius 1 is 1.29 bits per heavy atom. The molecule has 0 radical (unpaired) electrons. The van der Waals surface area contributed by atoms with Crippen LogP contribution in [0.1, 0.15) is 18.4 Å². The van der Waals surface area contributed by atoms with E-state index in [9.17, 15) is 4.79 Å². The first-order valence-corrected chi connectivity index (χ1v) is 12.1. The number of methoxy groups -OCH3 is 1. The summed E-state index contributed by atoms with van der Waals surface area (Å²) in [4.78, 5) is 23.6. The third kappa shape index (κ3) is 5.31. The predicted octanol–water partition coefficient (Wildman–Crippen LogP) is 2.95. The monoisotopic (exact) mass is 445 g/mol. The Kier molecular flexibility index (Phi) is 7.66. The minimum atomic E-state index is -0.346. The fourth-order valence-electron chi connectivity index (χ4n) is 4.12. The van der Waals surface area contributed by atoms with Crippen molar-refractivity contribution in [2.45, 2.75) is 30.4 Å². The number of carbonyl (C=O) groups is 1. The number of anilines is 1. The molecule has 1 amide bonds. The summed E-state index contributed by atoms with van der Waals surface area (Å²) in [6, 6.07) is 8.54. The number of ether oxygens (including phenoxy) is 3. The van der Waals surface area contributed by atoms with Gasteiger partial charge in [0.15, 0.2) is 0 Å². The van der Waals surface area contributed by atoms with Crippen LogP contribution in [0.15, 0.2) is 29.2 Å². The Morgan fingerprint density at radius 3 is 2.84 bits per heavy atom. The van der Waals surface area contributed by atoms with Crippen molar-refractivity contribution in [3.8, 4) is 0 Å². The second-order valence-electron chi connectivity index (χ2n) is 7.88. The quantitative estimate of drug-likeness (QED) is 0.579. The van der Waals surface area contributed by atoms with E-state index in [2.05, 4.69) is 35.4 Å². The van der Waals surface area contributed by atoms with E-state index in [0.29, 0.717) is 39.5 Å². The minimum absolute atomic E-state index is 0.0419. The molecule has 1 atom stereocenters. The highest BCUT2D eigenvalue weighted by molar-refractivity contribution is 7.98. The van der Waals surface area contributed by atoms with Gasteiger partial charge in [0.05, 0.1) is 25.3 Å². The van der Waals surface area contributed by atoms with E-state index in [1.165, 1.54) is 4.90 Å². The Labute approximate surface area is 188 Å². The van der Waals surface area contributed by atoms with E-state index in [4.69, 9.17) is 19.2 Å². The van der Waals surface area contributed by atoms with Crippen molar-refractivity contribution in [1.82, 2.24) is 9.88 Å². The van der Waals surface area contributed by atoms with E-state index < -0.39 is 0 Å². The summed E-state index contributed by atoms with van der Waals surface area (Å²) in [6.07, 6.45) is 3.44. The summed E-state index contributed by atoms with van der Waals surface area (Å²) in [5, 5.41) is 1.08. The van der Waals surface area contributed by atoms with Crippen LogP contribution >= 0.6 is 11.8 Å². The molecule has 2 saturated heterocycles. The van der Waals surface area contributed by atoms with Crippen LogP contribution in [0.4, 0.5) is 5.82 Å². The van der Waals surface area contributed by atoms with Crippen LogP contribution in [0, 0.1) is 0 Å². The first-order chi connectivity index (χ1) is 15.2.